The molecule has 21 heavy (non-hydrogen) atoms. The van der Waals surface area contributed by atoms with Crippen molar-refractivity contribution in [3.8, 4) is 6.07 Å². The summed E-state index contributed by atoms with van der Waals surface area (Å²) in [7, 11) is 0. The molecule has 1 aliphatic rings. The molecule has 0 saturated carbocycles. The average Bonchev–Trinajstić information content (AvgIpc) is 2.92. The van der Waals surface area contributed by atoms with Crippen molar-refractivity contribution in [3.05, 3.63) is 10.2 Å². The molecule has 7 nitrogen and oxygen atoms in total. The van der Waals surface area contributed by atoms with E-state index in [0.29, 0.717) is 29.1 Å². The molecule has 1 atom stereocenters. The number of rotatable bonds is 1. The van der Waals surface area contributed by atoms with E-state index in [9.17, 15) is 4.79 Å². The van der Waals surface area contributed by atoms with Gasteiger partial charge in [-0.3, -0.25) is 0 Å². The molecule has 0 bridgehead atoms. The van der Waals surface area contributed by atoms with Gasteiger partial charge in [-0.15, -0.1) is 0 Å². The quantitative estimate of drug-likeness (QED) is 0.833. The monoisotopic (exact) mass is 355 g/mol. The van der Waals surface area contributed by atoms with Crippen molar-refractivity contribution in [1.29, 1.82) is 5.26 Å². The minimum absolute atomic E-state index is 0.0454. The number of carbonyl (C=O) groups excluding carboxylic acids is 1. The number of aromatic nitrogens is 2. The first-order valence-corrected chi connectivity index (χ1v) is 7.43. The number of carbonyl (C=O) groups is 1. The zero-order chi connectivity index (χ0) is 15.8. The van der Waals surface area contributed by atoms with Crippen LogP contribution in [0.2, 0.25) is 0 Å². The Morgan fingerprint density at radius 2 is 2.24 bits per heavy atom. The molecule has 1 aromatic heterocycles. The minimum atomic E-state index is -0.517. The molecule has 1 fully saturated rings. The largest absolute Gasteiger partial charge is 0.444 e. The number of amides is 1. The summed E-state index contributed by atoms with van der Waals surface area (Å²) in [5, 5.41) is 13.3. The fourth-order valence-electron chi connectivity index (χ4n) is 2.23. The predicted octanol–water partition coefficient (Wildman–Crippen LogP) is 2.28. The number of ether oxygens (including phenoxy) is 1. The number of nitrogens with zero attached hydrogens (tertiary/aromatic N) is 4. The molecule has 8 heteroatoms. The maximum Gasteiger partial charge on any atom is 0.410 e. The number of halogens is 1. The van der Waals surface area contributed by atoms with Crippen molar-refractivity contribution in [3.63, 3.8) is 0 Å². The van der Waals surface area contributed by atoms with Crippen LogP contribution in [-0.4, -0.2) is 39.5 Å². The Morgan fingerprint density at radius 3 is 2.76 bits per heavy atom. The molecule has 1 aliphatic heterocycles. The number of nitrogen functional groups attached to an aromatic ring is 1. The molecule has 2 N–H and O–H groups in total. The third-order valence-electron chi connectivity index (χ3n) is 3.18. The first-order chi connectivity index (χ1) is 9.73. The van der Waals surface area contributed by atoms with E-state index in [0.717, 1.165) is 6.42 Å². The summed E-state index contributed by atoms with van der Waals surface area (Å²) in [5.74, 6) is 0.320. The number of hydrogen-bond donors (Lipinski definition) is 1. The lowest BCUT2D eigenvalue weighted by molar-refractivity contribution is 0.0288. The maximum atomic E-state index is 12.0. The van der Waals surface area contributed by atoms with Gasteiger partial charge in [0, 0.05) is 13.1 Å². The second-order valence-corrected chi connectivity index (χ2v) is 6.73. The smallest absolute Gasteiger partial charge is 0.410 e. The fourth-order valence-corrected chi connectivity index (χ4v) is 2.70. The predicted molar refractivity (Wildman–Crippen MR) is 80.5 cm³/mol. The van der Waals surface area contributed by atoms with Crippen LogP contribution in [0.3, 0.4) is 0 Å². The summed E-state index contributed by atoms with van der Waals surface area (Å²) in [6.45, 7) is 6.55. The Balaban J connectivity index is 2.10. The molecule has 0 aliphatic carbocycles. The van der Waals surface area contributed by atoms with Gasteiger partial charge in [-0.25, -0.2) is 9.48 Å². The van der Waals surface area contributed by atoms with E-state index in [1.54, 1.807) is 9.58 Å². The van der Waals surface area contributed by atoms with Gasteiger partial charge in [0.2, 0.25) is 0 Å². The lowest BCUT2D eigenvalue weighted by Crippen LogP contribution is -2.35. The third kappa shape index (κ3) is 3.29. The molecule has 0 radical (unpaired) electrons. The summed E-state index contributed by atoms with van der Waals surface area (Å²) in [4.78, 5) is 13.7. The summed E-state index contributed by atoms with van der Waals surface area (Å²) in [5.41, 5.74) is 5.74. The Kier molecular flexibility index (Phi) is 4.14. The molecular weight excluding hydrogens is 338 g/mol. The minimum Gasteiger partial charge on any atom is -0.444 e. The zero-order valence-corrected chi connectivity index (χ0v) is 13.8. The van der Waals surface area contributed by atoms with E-state index in [-0.39, 0.29) is 12.1 Å². The highest BCUT2D eigenvalue weighted by molar-refractivity contribution is 9.10. The molecule has 114 valence electrons. The number of nitriles is 1. The van der Waals surface area contributed by atoms with Gasteiger partial charge < -0.3 is 15.4 Å². The van der Waals surface area contributed by atoms with E-state index in [4.69, 9.17) is 15.7 Å². The van der Waals surface area contributed by atoms with Crippen LogP contribution in [0.1, 0.15) is 38.8 Å². The number of likely N-dealkylation sites (tertiary alicyclic amines) is 1. The topological polar surface area (TPSA) is 97.2 Å². The zero-order valence-electron chi connectivity index (χ0n) is 12.3. The van der Waals surface area contributed by atoms with Gasteiger partial charge >= 0.3 is 6.09 Å². The summed E-state index contributed by atoms with van der Waals surface area (Å²) >= 11 is 3.22. The number of hydrogen-bond acceptors (Lipinski definition) is 5. The molecule has 0 unspecified atom stereocenters. The van der Waals surface area contributed by atoms with E-state index >= 15 is 0 Å². The fraction of sp³-hybridized carbons (Fsp3) is 0.615. The van der Waals surface area contributed by atoms with E-state index in [2.05, 4.69) is 21.0 Å². The molecule has 1 amide bonds. The highest BCUT2D eigenvalue weighted by atomic mass is 79.9. The van der Waals surface area contributed by atoms with E-state index < -0.39 is 5.60 Å². The average molecular weight is 356 g/mol. The molecule has 1 aromatic rings. The van der Waals surface area contributed by atoms with Crippen LogP contribution in [0.4, 0.5) is 10.6 Å². The third-order valence-corrected chi connectivity index (χ3v) is 3.73. The van der Waals surface area contributed by atoms with Crippen LogP contribution in [0, 0.1) is 11.3 Å². The van der Waals surface area contributed by atoms with Gasteiger partial charge in [-0.05, 0) is 43.1 Å². The Hall–Kier alpha value is -1.75. The number of anilines is 1. The van der Waals surface area contributed by atoms with Gasteiger partial charge in [-0.1, -0.05) is 0 Å². The summed E-state index contributed by atoms with van der Waals surface area (Å²) in [6.07, 6.45) is 0.387. The number of nitrogens with two attached hydrogens (primary N) is 1. The normalized spacial score (nSPS) is 18.6. The second kappa shape index (κ2) is 5.56. The lowest BCUT2D eigenvalue weighted by atomic mass is 10.2. The van der Waals surface area contributed by atoms with Crippen molar-refractivity contribution >= 4 is 27.8 Å². The van der Waals surface area contributed by atoms with Crippen molar-refractivity contribution in [1.82, 2.24) is 14.7 Å². The van der Waals surface area contributed by atoms with Gasteiger partial charge in [0.1, 0.15) is 27.7 Å². The molecule has 2 rings (SSSR count). The Morgan fingerprint density at radius 1 is 1.57 bits per heavy atom. The van der Waals surface area contributed by atoms with E-state index in [1.165, 1.54) is 0 Å². The first-order valence-electron chi connectivity index (χ1n) is 6.64. The van der Waals surface area contributed by atoms with Crippen LogP contribution in [0.5, 0.6) is 0 Å². The molecule has 0 spiro atoms. The van der Waals surface area contributed by atoms with Crippen molar-refractivity contribution < 1.29 is 9.53 Å². The molecule has 2 heterocycles. The molecule has 1 saturated heterocycles. The van der Waals surface area contributed by atoms with Gasteiger partial charge in [-0.2, -0.15) is 10.4 Å². The maximum absolute atomic E-state index is 12.0. The van der Waals surface area contributed by atoms with Crippen molar-refractivity contribution in [2.24, 2.45) is 0 Å². The SMILES string of the molecule is CC(C)(C)OC(=O)N1CC[C@@H](n2nc(Br)c(C#N)c2N)C1. The first kappa shape index (κ1) is 15.6. The van der Waals surface area contributed by atoms with Crippen LogP contribution in [-0.2, 0) is 4.74 Å². The second-order valence-electron chi connectivity index (χ2n) is 5.98. The van der Waals surface area contributed by atoms with Crippen molar-refractivity contribution in [2.75, 3.05) is 18.8 Å². The highest BCUT2D eigenvalue weighted by Crippen LogP contribution is 2.29. The molecule has 0 aromatic carbocycles. The lowest BCUT2D eigenvalue weighted by Gasteiger charge is -2.24. The van der Waals surface area contributed by atoms with Crippen LogP contribution >= 0.6 is 15.9 Å². The summed E-state index contributed by atoms with van der Waals surface area (Å²) in [6, 6.07) is 1.97. The Bertz CT molecular complexity index is 599. The Labute approximate surface area is 131 Å². The van der Waals surface area contributed by atoms with Crippen LogP contribution in [0.25, 0.3) is 0 Å². The van der Waals surface area contributed by atoms with Crippen LogP contribution in [0.15, 0.2) is 4.60 Å². The van der Waals surface area contributed by atoms with Gasteiger partial charge in [0.15, 0.2) is 0 Å². The van der Waals surface area contributed by atoms with Crippen LogP contribution < -0.4 is 5.73 Å². The van der Waals surface area contributed by atoms with Gasteiger partial charge in [0.05, 0.1) is 6.04 Å². The van der Waals surface area contributed by atoms with Gasteiger partial charge in [0.25, 0.3) is 0 Å². The summed E-state index contributed by atoms with van der Waals surface area (Å²) < 4.78 is 7.38. The highest BCUT2D eigenvalue weighted by Gasteiger charge is 2.32. The van der Waals surface area contributed by atoms with E-state index in [1.807, 2.05) is 26.8 Å². The standard InChI is InChI=1S/C13H18BrN5O2/c1-13(2,3)21-12(20)18-5-4-8(7-18)19-11(16)9(6-15)10(14)17-19/h8H,4-5,7,16H2,1-3H3/t8-/m1/s1. The van der Waals surface area contributed by atoms with Crippen molar-refractivity contribution in [2.45, 2.75) is 38.8 Å². The molecular formula is C13H18BrN5O2.